The quantitative estimate of drug-likeness (QED) is 0.761. The van der Waals surface area contributed by atoms with Crippen LogP contribution in [-0.4, -0.2) is 16.1 Å². The maximum Gasteiger partial charge on any atom is 0.338 e. The third kappa shape index (κ3) is 1.27. The highest BCUT2D eigenvalue weighted by Gasteiger charge is 2.20. The number of benzene rings is 1. The van der Waals surface area contributed by atoms with E-state index in [2.05, 4.69) is 4.98 Å². The lowest BCUT2D eigenvalue weighted by Crippen LogP contribution is -1.98. The van der Waals surface area contributed by atoms with E-state index in [0.717, 1.165) is 6.07 Å². The third-order valence-corrected chi connectivity index (χ3v) is 2.26. The van der Waals surface area contributed by atoms with Gasteiger partial charge in [0.15, 0.2) is 11.6 Å². The molecule has 0 fully saturated rings. The summed E-state index contributed by atoms with van der Waals surface area (Å²) < 4.78 is 26.3. The van der Waals surface area contributed by atoms with Gasteiger partial charge in [-0.25, -0.2) is 13.6 Å². The van der Waals surface area contributed by atoms with Gasteiger partial charge < -0.3 is 10.1 Å². The lowest BCUT2D eigenvalue weighted by atomic mass is 10.1. The summed E-state index contributed by atoms with van der Waals surface area (Å²) in [5.74, 6) is -3.46. The van der Waals surface area contributed by atoms with Crippen LogP contribution in [-0.2, 0) is 0 Å². The number of aromatic nitrogens is 1. The van der Waals surface area contributed by atoms with Crippen molar-refractivity contribution in [2.75, 3.05) is 0 Å². The van der Waals surface area contributed by atoms with Crippen molar-refractivity contribution in [2.24, 2.45) is 0 Å². The zero-order valence-electron chi connectivity index (χ0n) is 7.77. The molecule has 0 saturated carbocycles. The van der Waals surface area contributed by atoms with Gasteiger partial charge >= 0.3 is 5.97 Å². The van der Waals surface area contributed by atoms with E-state index in [1.165, 1.54) is 13.0 Å². The van der Waals surface area contributed by atoms with Crippen molar-refractivity contribution in [3.63, 3.8) is 0 Å². The normalized spacial score (nSPS) is 10.9. The molecule has 2 rings (SSSR count). The van der Waals surface area contributed by atoms with Crippen LogP contribution in [0.4, 0.5) is 8.78 Å². The fourth-order valence-corrected chi connectivity index (χ4v) is 1.62. The standard InChI is InChI=1S/C10H7F2NO2/c1-4-7(10(14)15)8-6(13-4)3-2-5(11)9(8)12/h2-3,13H,1H3,(H,14,15). The van der Waals surface area contributed by atoms with Gasteiger partial charge in [-0.1, -0.05) is 0 Å². The van der Waals surface area contributed by atoms with Crippen molar-refractivity contribution in [1.82, 2.24) is 4.98 Å². The minimum atomic E-state index is -1.27. The Kier molecular flexibility index (Phi) is 1.96. The summed E-state index contributed by atoms with van der Waals surface area (Å²) in [5, 5.41) is 8.65. The van der Waals surface area contributed by atoms with Gasteiger partial charge in [0.1, 0.15) is 0 Å². The SMILES string of the molecule is Cc1[nH]c2ccc(F)c(F)c2c1C(=O)O. The fraction of sp³-hybridized carbons (Fsp3) is 0.100. The zero-order valence-corrected chi connectivity index (χ0v) is 7.77. The van der Waals surface area contributed by atoms with Gasteiger partial charge in [0.25, 0.3) is 0 Å². The summed E-state index contributed by atoms with van der Waals surface area (Å²) in [6.45, 7) is 1.50. The van der Waals surface area contributed by atoms with Gasteiger partial charge in [0.05, 0.1) is 10.9 Å². The number of aryl methyl sites for hydroxylation is 1. The summed E-state index contributed by atoms with van der Waals surface area (Å²) in [7, 11) is 0. The lowest BCUT2D eigenvalue weighted by Gasteiger charge is -1.96. The Balaban J connectivity index is 2.96. The molecule has 0 aliphatic rings. The second kappa shape index (κ2) is 3.05. The third-order valence-electron chi connectivity index (χ3n) is 2.26. The molecule has 0 aliphatic heterocycles. The number of carboxylic acids is 1. The highest BCUT2D eigenvalue weighted by Crippen LogP contribution is 2.26. The Hall–Kier alpha value is -1.91. The van der Waals surface area contributed by atoms with Crippen molar-refractivity contribution >= 4 is 16.9 Å². The summed E-state index contributed by atoms with van der Waals surface area (Å²) in [5.41, 5.74) is 0.368. The van der Waals surface area contributed by atoms with Crippen LogP contribution in [0, 0.1) is 18.6 Å². The molecular formula is C10H7F2NO2. The molecule has 0 amide bonds. The number of fused-ring (bicyclic) bond motifs is 1. The highest BCUT2D eigenvalue weighted by atomic mass is 19.2. The average molecular weight is 211 g/mol. The van der Waals surface area contributed by atoms with E-state index in [9.17, 15) is 13.6 Å². The number of H-pyrrole nitrogens is 1. The average Bonchev–Trinajstić information content (AvgIpc) is 2.49. The molecule has 0 spiro atoms. The Morgan fingerprint density at radius 1 is 1.40 bits per heavy atom. The van der Waals surface area contributed by atoms with Crippen LogP contribution in [0.3, 0.4) is 0 Å². The molecule has 5 heteroatoms. The van der Waals surface area contributed by atoms with E-state index in [-0.39, 0.29) is 16.5 Å². The molecule has 0 aliphatic carbocycles. The highest BCUT2D eigenvalue weighted by molar-refractivity contribution is 6.04. The number of hydrogen-bond donors (Lipinski definition) is 2. The van der Waals surface area contributed by atoms with E-state index in [1.54, 1.807) is 0 Å². The summed E-state index contributed by atoms with van der Waals surface area (Å²) in [6, 6.07) is 2.27. The maximum absolute atomic E-state index is 13.4. The van der Waals surface area contributed by atoms with E-state index >= 15 is 0 Å². The van der Waals surface area contributed by atoms with E-state index < -0.39 is 17.6 Å². The van der Waals surface area contributed by atoms with Crippen LogP contribution in [0.2, 0.25) is 0 Å². The molecule has 0 bridgehead atoms. The van der Waals surface area contributed by atoms with E-state index in [4.69, 9.17) is 5.11 Å². The smallest absolute Gasteiger partial charge is 0.338 e. The maximum atomic E-state index is 13.4. The first-order valence-corrected chi connectivity index (χ1v) is 4.22. The molecule has 78 valence electrons. The number of aromatic amines is 1. The Morgan fingerprint density at radius 3 is 2.67 bits per heavy atom. The van der Waals surface area contributed by atoms with Gasteiger partial charge in [-0.2, -0.15) is 0 Å². The number of hydrogen-bond acceptors (Lipinski definition) is 1. The topological polar surface area (TPSA) is 53.1 Å². The number of aromatic carboxylic acids is 1. The van der Waals surface area contributed by atoms with Gasteiger partial charge in [-0.3, -0.25) is 0 Å². The van der Waals surface area contributed by atoms with Crippen LogP contribution < -0.4 is 0 Å². The number of halogens is 2. The predicted octanol–water partition coefficient (Wildman–Crippen LogP) is 2.45. The van der Waals surface area contributed by atoms with Gasteiger partial charge in [0.2, 0.25) is 0 Å². The number of carboxylic acid groups (broad SMARTS) is 1. The number of rotatable bonds is 1. The number of carbonyl (C=O) groups is 1. The molecule has 0 radical (unpaired) electrons. The molecule has 2 N–H and O–H groups in total. The molecular weight excluding hydrogens is 204 g/mol. The molecule has 2 aromatic rings. The first kappa shape index (κ1) is 9.64. The van der Waals surface area contributed by atoms with Gasteiger partial charge in [-0.05, 0) is 19.1 Å². The lowest BCUT2D eigenvalue weighted by molar-refractivity contribution is 0.0698. The van der Waals surface area contributed by atoms with Crippen molar-refractivity contribution in [3.8, 4) is 0 Å². The van der Waals surface area contributed by atoms with E-state index in [0.29, 0.717) is 5.69 Å². The molecule has 3 nitrogen and oxygen atoms in total. The second-order valence-corrected chi connectivity index (χ2v) is 3.21. The second-order valence-electron chi connectivity index (χ2n) is 3.21. The Morgan fingerprint density at radius 2 is 2.07 bits per heavy atom. The minimum absolute atomic E-state index is 0.208. The molecule has 0 saturated heterocycles. The zero-order chi connectivity index (χ0) is 11.2. The monoisotopic (exact) mass is 211 g/mol. The fourth-order valence-electron chi connectivity index (χ4n) is 1.62. The first-order chi connectivity index (χ1) is 7.02. The summed E-state index contributed by atoms with van der Waals surface area (Å²) in [4.78, 5) is 13.5. The van der Waals surface area contributed by atoms with Gasteiger partial charge in [-0.15, -0.1) is 0 Å². The van der Waals surface area contributed by atoms with Crippen molar-refractivity contribution in [1.29, 1.82) is 0 Å². The minimum Gasteiger partial charge on any atom is -0.478 e. The van der Waals surface area contributed by atoms with Gasteiger partial charge in [0, 0.05) is 11.2 Å². The molecule has 1 aromatic heterocycles. The molecule has 1 heterocycles. The van der Waals surface area contributed by atoms with E-state index in [1.807, 2.05) is 0 Å². The molecule has 0 unspecified atom stereocenters. The summed E-state index contributed by atoms with van der Waals surface area (Å²) in [6.07, 6.45) is 0. The van der Waals surface area contributed by atoms with Crippen LogP contribution in [0.1, 0.15) is 16.1 Å². The molecule has 1 aromatic carbocycles. The van der Waals surface area contributed by atoms with Crippen LogP contribution in [0.15, 0.2) is 12.1 Å². The Bertz CT molecular complexity index is 560. The Labute approximate surface area is 83.3 Å². The molecule has 15 heavy (non-hydrogen) atoms. The van der Waals surface area contributed by atoms with Crippen molar-refractivity contribution < 1.29 is 18.7 Å². The van der Waals surface area contributed by atoms with Crippen molar-refractivity contribution in [3.05, 3.63) is 35.0 Å². The van der Waals surface area contributed by atoms with Crippen LogP contribution in [0.25, 0.3) is 10.9 Å². The summed E-state index contributed by atoms with van der Waals surface area (Å²) >= 11 is 0. The van der Waals surface area contributed by atoms with Crippen LogP contribution in [0.5, 0.6) is 0 Å². The predicted molar refractivity (Wildman–Crippen MR) is 49.9 cm³/mol. The van der Waals surface area contributed by atoms with Crippen molar-refractivity contribution in [2.45, 2.75) is 6.92 Å². The molecule has 0 atom stereocenters. The van der Waals surface area contributed by atoms with Crippen LogP contribution >= 0.6 is 0 Å². The first-order valence-electron chi connectivity index (χ1n) is 4.22. The number of nitrogens with one attached hydrogen (secondary N) is 1. The largest absolute Gasteiger partial charge is 0.478 e.